The van der Waals surface area contributed by atoms with Crippen molar-refractivity contribution in [2.45, 2.75) is 18.9 Å². The summed E-state index contributed by atoms with van der Waals surface area (Å²) in [4.78, 5) is 2.47. The minimum atomic E-state index is 0.288. The molecule has 0 aromatic rings. The van der Waals surface area contributed by atoms with Crippen LogP contribution in [0.4, 0.5) is 0 Å². The van der Waals surface area contributed by atoms with Crippen molar-refractivity contribution in [3.8, 4) is 0 Å². The van der Waals surface area contributed by atoms with Crippen LogP contribution in [0, 0.1) is 0 Å². The Kier molecular flexibility index (Phi) is 3.73. The van der Waals surface area contributed by atoms with E-state index in [1.807, 2.05) is 0 Å². The third-order valence-corrected chi connectivity index (χ3v) is 3.91. The Morgan fingerprint density at radius 2 is 2.22 bits per heavy atom. The van der Waals surface area contributed by atoms with Gasteiger partial charge in [-0.15, -0.1) is 0 Å². The molecule has 1 atom stereocenters. The van der Waals surface area contributed by atoms with Gasteiger partial charge in [0.25, 0.3) is 0 Å². The van der Waals surface area contributed by atoms with Crippen LogP contribution in [-0.2, 0) is 4.74 Å². The first-order valence-electron chi connectivity index (χ1n) is 6.67. The lowest BCUT2D eigenvalue weighted by Crippen LogP contribution is -2.46. The van der Waals surface area contributed by atoms with Gasteiger partial charge in [0.15, 0.2) is 0 Å². The van der Waals surface area contributed by atoms with E-state index in [1.54, 1.807) is 0 Å². The van der Waals surface area contributed by atoms with Crippen LogP contribution in [-0.4, -0.2) is 43.7 Å². The van der Waals surface area contributed by atoms with E-state index >= 15 is 0 Å². The number of allylic oxidation sites excluding steroid dienone is 4. The SMILES string of the molecule is ClC1=CC2=C(C=CC1)OC(CN1CCNCC1)C2. The highest BCUT2D eigenvalue weighted by Crippen LogP contribution is 2.31. The molecule has 1 unspecified atom stereocenters. The summed E-state index contributed by atoms with van der Waals surface area (Å²) in [6.45, 7) is 5.44. The highest BCUT2D eigenvalue weighted by atomic mass is 35.5. The third kappa shape index (κ3) is 2.79. The van der Waals surface area contributed by atoms with Crippen LogP contribution in [0.5, 0.6) is 0 Å². The first-order valence-corrected chi connectivity index (χ1v) is 7.04. The summed E-state index contributed by atoms with van der Waals surface area (Å²) in [5, 5.41) is 4.28. The van der Waals surface area contributed by atoms with Gasteiger partial charge in [-0.25, -0.2) is 0 Å². The number of ether oxygens (including phenoxy) is 1. The van der Waals surface area contributed by atoms with Crippen LogP contribution in [0.1, 0.15) is 12.8 Å². The lowest BCUT2D eigenvalue weighted by atomic mass is 10.1. The van der Waals surface area contributed by atoms with Gasteiger partial charge in [-0.1, -0.05) is 17.7 Å². The van der Waals surface area contributed by atoms with Crippen LogP contribution in [0.2, 0.25) is 0 Å². The Hall–Kier alpha value is -0.770. The Labute approximate surface area is 113 Å². The Bertz CT molecular complexity index is 408. The van der Waals surface area contributed by atoms with Crippen molar-refractivity contribution in [2.75, 3.05) is 32.7 Å². The van der Waals surface area contributed by atoms with Crippen LogP contribution in [0.15, 0.2) is 34.6 Å². The monoisotopic (exact) mass is 266 g/mol. The lowest BCUT2D eigenvalue weighted by molar-refractivity contribution is 0.0948. The van der Waals surface area contributed by atoms with Gasteiger partial charge in [-0.2, -0.15) is 0 Å². The molecule has 98 valence electrons. The van der Waals surface area contributed by atoms with Gasteiger partial charge < -0.3 is 10.1 Å². The highest BCUT2D eigenvalue weighted by molar-refractivity contribution is 6.29. The average molecular weight is 267 g/mol. The van der Waals surface area contributed by atoms with Crippen molar-refractivity contribution >= 4 is 11.6 Å². The zero-order valence-corrected chi connectivity index (χ0v) is 11.2. The van der Waals surface area contributed by atoms with Gasteiger partial charge in [0.1, 0.15) is 11.9 Å². The summed E-state index contributed by atoms with van der Waals surface area (Å²) in [6.07, 6.45) is 8.32. The van der Waals surface area contributed by atoms with E-state index in [2.05, 4.69) is 28.4 Å². The molecule has 3 nitrogen and oxygen atoms in total. The van der Waals surface area contributed by atoms with Gasteiger partial charge in [-0.05, 0) is 17.7 Å². The Balaban J connectivity index is 1.60. The molecule has 1 aliphatic carbocycles. The molecule has 1 saturated heterocycles. The molecule has 0 bridgehead atoms. The van der Waals surface area contributed by atoms with Crippen molar-refractivity contribution in [3.63, 3.8) is 0 Å². The van der Waals surface area contributed by atoms with Crippen molar-refractivity contribution in [1.29, 1.82) is 0 Å². The molecule has 4 heteroatoms. The number of hydrogen-bond acceptors (Lipinski definition) is 3. The Morgan fingerprint density at radius 3 is 3.06 bits per heavy atom. The van der Waals surface area contributed by atoms with Crippen LogP contribution in [0.25, 0.3) is 0 Å². The molecule has 0 radical (unpaired) electrons. The Morgan fingerprint density at radius 1 is 1.39 bits per heavy atom. The zero-order chi connectivity index (χ0) is 12.4. The van der Waals surface area contributed by atoms with Crippen molar-refractivity contribution in [3.05, 3.63) is 34.6 Å². The fourth-order valence-corrected chi connectivity index (χ4v) is 2.95. The summed E-state index contributed by atoms with van der Waals surface area (Å²) in [5.74, 6) is 1.02. The van der Waals surface area contributed by atoms with E-state index < -0.39 is 0 Å². The second-order valence-corrected chi connectivity index (χ2v) is 5.57. The molecule has 0 amide bonds. The smallest absolute Gasteiger partial charge is 0.122 e. The van der Waals surface area contributed by atoms with Gasteiger partial charge >= 0.3 is 0 Å². The molecule has 2 heterocycles. The molecule has 0 spiro atoms. The molecule has 3 aliphatic rings. The number of halogens is 1. The molecular weight excluding hydrogens is 248 g/mol. The predicted octanol–water partition coefficient (Wildman–Crippen LogP) is 2.02. The number of piperazine rings is 1. The molecule has 1 fully saturated rings. The summed E-state index contributed by atoms with van der Waals surface area (Å²) in [7, 11) is 0. The number of nitrogens with zero attached hydrogens (tertiary/aromatic N) is 1. The molecule has 0 aromatic carbocycles. The van der Waals surface area contributed by atoms with E-state index in [4.69, 9.17) is 16.3 Å². The standard InChI is InChI=1S/C14H19ClN2O/c15-12-2-1-3-14-11(8-12)9-13(18-14)10-17-6-4-16-5-7-17/h1,3,8,13,16H,2,4-7,9-10H2. The zero-order valence-electron chi connectivity index (χ0n) is 10.5. The second kappa shape index (κ2) is 5.47. The molecular formula is C14H19ClN2O. The molecule has 2 aliphatic heterocycles. The van der Waals surface area contributed by atoms with Crippen molar-refractivity contribution in [2.24, 2.45) is 0 Å². The van der Waals surface area contributed by atoms with Gasteiger partial charge in [0.05, 0.1) is 0 Å². The van der Waals surface area contributed by atoms with E-state index in [9.17, 15) is 0 Å². The molecule has 3 rings (SSSR count). The first kappa shape index (κ1) is 12.3. The number of rotatable bonds is 2. The molecule has 0 aromatic heterocycles. The maximum absolute atomic E-state index is 6.13. The minimum absolute atomic E-state index is 0.288. The van der Waals surface area contributed by atoms with Crippen molar-refractivity contribution in [1.82, 2.24) is 10.2 Å². The largest absolute Gasteiger partial charge is 0.488 e. The maximum atomic E-state index is 6.13. The van der Waals surface area contributed by atoms with E-state index in [0.717, 1.165) is 56.4 Å². The van der Waals surface area contributed by atoms with Gasteiger partial charge in [0.2, 0.25) is 0 Å². The minimum Gasteiger partial charge on any atom is -0.488 e. The predicted molar refractivity (Wildman–Crippen MR) is 73.5 cm³/mol. The van der Waals surface area contributed by atoms with Crippen LogP contribution < -0.4 is 5.32 Å². The summed E-state index contributed by atoms with van der Waals surface area (Å²) >= 11 is 6.13. The van der Waals surface area contributed by atoms with Gasteiger partial charge in [-0.3, -0.25) is 4.90 Å². The first-order chi connectivity index (χ1) is 8.81. The third-order valence-electron chi connectivity index (χ3n) is 3.64. The molecule has 0 saturated carbocycles. The fraction of sp³-hybridized carbons (Fsp3) is 0.571. The lowest BCUT2D eigenvalue weighted by Gasteiger charge is -2.29. The quantitative estimate of drug-likeness (QED) is 0.828. The van der Waals surface area contributed by atoms with Crippen LogP contribution >= 0.6 is 11.6 Å². The average Bonchev–Trinajstić information content (AvgIpc) is 2.64. The topological polar surface area (TPSA) is 24.5 Å². The number of nitrogens with one attached hydrogen (secondary N) is 1. The normalized spacial score (nSPS) is 28.7. The summed E-state index contributed by atoms with van der Waals surface area (Å²) < 4.78 is 6.02. The summed E-state index contributed by atoms with van der Waals surface area (Å²) in [5.41, 5.74) is 1.26. The maximum Gasteiger partial charge on any atom is 0.122 e. The fourth-order valence-electron chi connectivity index (χ4n) is 2.73. The second-order valence-electron chi connectivity index (χ2n) is 5.08. The van der Waals surface area contributed by atoms with Gasteiger partial charge in [0, 0.05) is 50.6 Å². The van der Waals surface area contributed by atoms with Crippen molar-refractivity contribution < 1.29 is 4.74 Å². The number of hydrogen-bond donors (Lipinski definition) is 1. The van der Waals surface area contributed by atoms with E-state index in [-0.39, 0.29) is 6.10 Å². The molecule has 1 N–H and O–H groups in total. The molecule has 18 heavy (non-hydrogen) atoms. The van der Waals surface area contributed by atoms with E-state index in [1.165, 1.54) is 5.57 Å². The van der Waals surface area contributed by atoms with Crippen LogP contribution in [0.3, 0.4) is 0 Å². The van der Waals surface area contributed by atoms with E-state index in [0.29, 0.717) is 0 Å². The highest BCUT2D eigenvalue weighted by Gasteiger charge is 2.26. The summed E-state index contributed by atoms with van der Waals surface area (Å²) in [6, 6.07) is 0.